The Morgan fingerprint density at radius 1 is 0.284 bits per heavy atom. The maximum atomic E-state index is 8.56. The van der Waals surface area contributed by atoms with Crippen molar-refractivity contribution in [2.75, 3.05) is 0 Å². The minimum atomic E-state index is -0.375. The molecule has 594 valence electrons. The van der Waals surface area contributed by atoms with Gasteiger partial charge in [-0.15, -0.1) is 0 Å². The van der Waals surface area contributed by atoms with E-state index >= 15 is 0 Å². The average molecular weight is 2190 g/mol. The van der Waals surface area contributed by atoms with Gasteiger partial charge in [-0.2, -0.15) is 0 Å². The first-order chi connectivity index (χ1) is 49.4. The summed E-state index contributed by atoms with van der Waals surface area (Å²) >= 11 is 0. The molecule has 0 aliphatic heterocycles. The predicted octanol–water partition coefficient (Wildman–Crippen LogP) is 17.8. The molecule has 12 aromatic rings. The molecule has 0 amide bonds. The summed E-state index contributed by atoms with van der Waals surface area (Å²) in [5.41, 5.74) is 23.6. The van der Waals surface area contributed by atoms with Crippen LogP contribution in [0.2, 0.25) is 0 Å². The van der Waals surface area contributed by atoms with E-state index in [-0.39, 0.29) is 135 Å². The first-order valence-electron chi connectivity index (χ1n) is 36.2. The van der Waals surface area contributed by atoms with E-state index in [0.717, 1.165) is 84.6 Å². The topological polar surface area (TPSA) is 265 Å². The van der Waals surface area contributed by atoms with Crippen LogP contribution in [0.1, 0.15) is 158 Å². The molecule has 20 heteroatoms. The van der Waals surface area contributed by atoms with Crippen LogP contribution in [0.4, 0.5) is 0 Å². The van der Waals surface area contributed by atoms with Crippen molar-refractivity contribution in [1.82, 2.24) is 39.9 Å². The number of rotatable bonds is 12. The monoisotopic (exact) mass is 2190 g/mol. The number of aliphatic hydroxyl groups is 8. The van der Waals surface area contributed by atoms with Gasteiger partial charge < -0.3 is 40.9 Å². The molecule has 0 saturated heterocycles. The maximum Gasteiger partial charge on any atom is 0.0918 e. The van der Waals surface area contributed by atoms with Crippen LogP contribution in [-0.2, 0) is 85.8 Å². The van der Waals surface area contributed by atoms with Gasteiger partial charge in [-0.1, -0.05) is 104 Å². The van der Waals surface area contributed by atoms with Crippen molar-refractivity contribution in [2.45, 2.75) is 218 Å². The SMILES string of the molecule is CC(C)(C)c1ccc2nc(-c3ccccn3)ccc2c1.CC(O)CC(C)O.CC(O)CC(C)O.CC(O)CC(C)O.CC(O)CC(C)O.Cc1cc(C)nc(-c2ccc3cc(C)ccc3n2)c1.Cc1ccc2nc(-c3nc(C)ccc3C)ccc2c1.Cc1cnc(-c2ccc3cc(C)ccc3n2)c(C)c1.[Ir].[Ir].[Ir].[Ir]. The predicted molar refractivity (Wildman–Crippen MR) is 433 cm³/mol. The smallest absolute Gasteiger partial charge is 0.0918 e. The van der Waals surface area contributed by atoms with E-state index in [2.05, 4.69) is 217 Å². The Morgan fingerprint density at radius 3 is 1.03 bits per heavy atom. The van der Waals surface area contributed by atoms with Crippen molar-refractivity contribution in [3.63, 3.8) is 0 Å². The zero-order valence-corrected chi connectivity index (χ0v) is 76.3. The molecule has 0 aliphatic carbocycles. The minimum Gasteiger partial charge on any atom is -0.393 e. The second-order valence-electron chi connectivity index (χ2n) is 28.9. The molecule has 0 aliphatic rings. The van der Waals surface area contributed by atoms with Crippen LogP contribution in [0.5, 0.6) is 0 Å². The second kappa shape index (κ2) is 49.7. The van der Waals surface area contributed by atoms with Crippen molar-refractivity contribution >= 4 is 43.6 Å². The summed E-state index contributed by atoms with van der Waals surface area (Å²) in [7, 11) is 0. The molecule has 8 atom stereocenters. The Morgan fingerprint density at radius 2 is 0.661 bits per heavy atom. The fourth-order valence-electron chi connectivity index (χ4n) is 11.2. The van der Waals surface area contributed by atoms with Gasteiger partial charge in [0.2, 0.25) is 0 Å². The van der Waals surface area contributed by atoms with Crippen molar-refractivity contribution in [2.24, 2.45) is 0 Å². The molecular weight excluding hydrogens is 2080 g/mol. The Balaban J connectivity index is 0.000000644. The molecule has 4 radical (unpaired) electrons. The van der Waals surface area contributed by atoms with Gasteiger partial charge in [0.05, 0.1) is 116 Å². The molecule has 8 heterocycles. The summed E-state index contributed by atoms with van der Waals surface area (Å²) in [5, 5.41) is 73.2. The van der Waals surface area contributed by atoms with Gasteiger partial charge in [-0.25, -0.2) is 19.9 Å². The summed E-state index contributed by atoms with van der Waals surface area (Å²) in [6.07, 6.45) is 2.58. The first-order valence-corrected chi connectivity index (χ1v) is 36.2. The number of hydrogen-bond donors (Lipinski definition) is 8. The van der Waals surface area contributed by atoms with Crippen molar-refractivity contribution < 1.29 is 121 Å². The normalized spacial score (nSPS) is 12.7. The number of fused-ring (bicyclic) bond motifs is 4. The van der Waals surface area contributed by atoms with E-state index in [0.29, 0.717) is 25.7 Å². The van der Waals surface area contributed by atoms with Gasteiger partial charge in [0, 0.05) is 126 Å². The molecule has 0 spiro atoms. The average Bonchev–Trinajstić information content (AvgIpc) is 0.821. The number of aliphatic hydroxyl groups excluding tert-OH is 8. The molecule has 16 nitrogen and oxygen atoms in total. The Hall–Kier alpha value is -6.60. The molecule has 0 saturated carbocycles. The van der Waals surface area contributed by atoms with Gasteiger partial charge in [0.25, 0.3) is 0 Å². The number of aromatic nitrogens is 8. The standard InChI is InChI=1S/C18H18N2.3C17H16N2.4C5H12O2.4Ir/c1-18(2,3)14-8-10-15-13(12-14)7-9-17(20-15)16-6-4-5-11-19-16;1-11-4-8-15-14(10-11)7-9-16(19-15)17-12(2)5-6-13(3)18-17;1-11-4-6-15-14(9-11)5-7-16(19-15)17-13(3)8-12(2)10-18-17;1-11-4-6-15-14(9-11)5-7-16(19-15)17-10-12(2)8-13(3)18-17;4*1-4(6)3-5(2)7;;;;/h4-12H,1-3H3;3*4-10H,1-3H3;4*4-7H,3H2,1-2H3;;;;. The summed E-state index contributed by atoms with van der Waals surface area (Å²) in [6.45, 7) is 38.6. The number of hydrogen-bond acceptors (Lipinski definition) is 16. The van der Waals surface area contributed by atoms with E-state index < -0.39 is 0 Å². The van der Waals surface area contributed by atoms with Crippen molar-refractivity contribution in [3.8, 4) is 45.6 Å². The molecule has 12 rings (SSSR count). The van der Waals surface area contributed by atoms with Gasteiger partial charge >= 0.3 is 0 Å². The number of pyridine rings is 8. The number of benzene rings is 4. The molecule has 109 heavy (non-hydrogen) atoms. The molecular formula is C89H114Ir4N8O8. The van der Waals surface area contributed by atoms with E-state index in [4.69, 9.17) is 60.8 Å². The van der Waals surface area contributed by atoms with E-state index in [9.17, 15) is 0 Å². The van der Waals surface area contributed by atoms with Crippen molar-refractivity contribution in [1.29, 1.82) is 0 Å². The van der Waals surface area contributed by atoms with E-state index in [1.807, 2.05) is 62.5 Å². The van der Waals surface area contributed by atoms with Crippen LogP contribution in [0.3, 0.4) is 0 Å². The first kappa shape index (κ1) is 100. The molecule has 8 N–H and O–H groups in total. The molecule has 0 bridgehead atoms. The van der Waals surface area contributed by atoms with Crippen LogP contribution >= 0.6 is 0 Å². The van der Waals surface area contributed by atoms with Crippen LogP contribution in [0, 0.1) is 62.3 Å². The van der Waals surface area contributed by atoms with Crippen LogP contribution in [-0.4, -0.2) is 130 Å². The minimum absolute atomic E-state index is 0. The van der Waals surface area contributed by atoms with Crippen LogP contribution < -0.4 is 0 Å². The fraction of sp³-hybridized carbons (Fsp3) is 0.371. The maximum absolute atomic E-state index is 8.56. The zero-order valence-electron chi connectivity index (χ0n) is 66.8. The third-order valence-electron chi connectivity index (χ3n) is 16.0. The van der Waals surface area contributed by atoms with Crippen LogP contribution in [0.15, 0.2) is 182 Å². The number of nitrogens with zero attached hydrogens (tertiary/aromatic N) is 8. The summed E-state index contributed by atoms with van der Waals surface area (Å²) in [4.78, 5) is 36.9. The molecule has 8 aromatic heterocycles. The Bertz CT molecular complexity index is 4570. The molecule has 4 aromatic carbocycles. The quantitative estimate of drug-likeness (QED) is 0.0565. The van der Waals surface area contributed by atoms with E-state index in [1.54, 1.807) is 61.6 Å². The third kappa shape index (κ3) is 36.6. The van der Waals surface area contributed by atoms with Crippen molar-refractivity contribution in [3.05, 3.63) is 238 Å². The second-order valence-corrected chi connectivity index (χ2v) is 28.9. The summed E-state index contributed by atoms with van der Waals surface area (Å²) in [6, 6.07) is 58.4. The van der Waals surface area contributed by atoms with Gasteiger partial charge in [-0.05, 0) is 280 Å². The van der Waals surface area contributed by atoms with Gasteiger partial charge in [-0.3, -0.25) is 19.9 Å². The third-order valence-corrected chi connectivity index (χ3v) is 16.0. The summed E-state index contributed by atoms with van der Waals surface area (Å²) < 4.78 is 0. The zero-order chi connectivity index (χ0) is 77.8. The molecule has 8 unspecified atom stereocenters. The Kier molecular flexibility index (Phi) is 45.8. The van der Waals surface area contributed by atoms with Gasteiger partial charge in [0.15, 0.2) is 0 Å². The molecule has 0 fully saturated rings. The largest absolute Gasteiger partial charge is 0.393 e. The van der Waals surface area contributed by atoms with E-state index in [1.165, 1.54) is 60.5 Å². The summed E-state index contributed by atoms with van der Waals surface area (Å²) in [5.74, 6) is 0. The fourth-order valence-corrected chi connectivity index (χ4v) is 11.2. The van der Waals surface area contributed by atoms with Gasteiger partial charge in [0.1, 0.15) is 0 Å². The number of aryl methyl sites for hydroxylation is 9. The Labute approximate surface area is 701 Å². The van der Waals surface area contributed by atoms with Crippen LogP contribution in [0.25, 0.3) is 89.2 Å².